The molecule has 0 spiro atoms. The van der Waals surface area contributed by atoms with Gasteiger partial charge >= 0.3 is 5.69 Å². The van der Waals surface area contributed by atoms with Crippen LogP contribution >= 0.6 is 38.5 Å². The van der Waals surface area contributed by atoms with Gasteiger partial charge in [-0.1, -0.05) is 22.6 Å². The SMILES string of the molecule is CC1(C)O[C@@H]2[C@H](O1)[C@@H](CI)O[C@H]2n1cc(Br)c(=O)[nH]c1=O. The second kappa shape index (κ2) is 5.44. The van der Waals surface area contributed by atoms with Gasteiger partial charge in [-0.25, -0.2) is 4.79 Å². The molecule has 1 aromatic heterocycles. The molecule has 4 atom stereocenters. The Labute approximate surface area is 142 Å². The maximum absolute atomic E-state index is 12.0. The third-order valence-electron chi connectivity index (χ3n) is 3.48. The monoisotopic (exact) mass is 472 g/mol. The number of alkyl halides is 1. The quantitative estimate of drug-likeness (QED) is 0.515. The first-order valence-corrected chi connectivity index (χ1v) is 8.72. The number of fused-ring (bicyclic) bond motifs is 1. The van der Waals surface area contributed by atoms with E-state index in [2.05, 4.69) is 43.5 Å². The van der Waals surface area contributed by atoms with Gasteiger partial charge in [-0.2, -0.15) is 0 Å². The number of hydrogen-bond donors (Lipinski definition) is 1. The highest BCUT2D eigenvalue weighted by Crippen LogP contribution is 2.43. The van der Waals surface area contributed by atoms with Crippen LogP contribution < -0.4 is 11.2 Å². The number of halogens is 2. The Morgan fingerprint density at radius 3 is 2.71 bits per heavy atom. The molecule has 0 saturated carbocycles. The lowest BCUT2D eigenvalue weighted by Gasteiger charge is -2.24. The van der Waals surface area contributed by atoms with Crippen molar-refractivity contribution in [3.63, 3.8) is 0 Å². The smallest absolute Gasteiger partial charge is 0.330 e. The van der Waals surface area contributed by atoms with Crippen LogP contribution in [0.3, 0.4) is 0 Å². The number of aromatic nitrogens is 2. The third-order valence-corrected chi connectivity index (χ3v) is 4.91. The summed E-state index contributed by atoms with van der Waals surface area (Å²) in [5.41, 5.74) is -1.01. The molecule has 21 heavy (non-hydrogen) atoms. The van der Waals surface area contributed by atoms with E-state index in [4.69, 9.17) is 14.2 Å². The van der Waals surface area contributed by atoms with Crippen LogP contribution in [0, 0.1) is 0 Å². The zero-order chi connectivity index (χ0) is 15.4. The lowest BCUT2D eigenvalue weighted by molar-refractivity contribution is -0.194. The lowest BCUT2D eigenvalue weighted by Crippen LogP contribution is -2.37. The van der Waals surface area contributed by atoms with E-state index in [1.54, 1.807) is 0 Å². The molecular formula is C12H14BrIN2O5. The van der Waals surface area contributed by atoms with Crippen LogP contribution in [0.15, 0.2) is 20.3 Å². The van der Waals surface area contributed by atoms with Crippen molar-refractivity contribution in [2.75, 3.05) is 4.43 Å². The van der Waals surface area contributed by atoms with Gasteiger partial charge in [-0.15, -0.1) is 0 Å². The zero-order valence-electron chi connectivity index (χ0n) is 11.3. The molecule has 0 aromatic carbocycles. The average molecular weight is 473 g/mol. The summed E-state index contributed by atoms with van der Waals surface area (Å²) in [7, 11) is 0. The summed E-state index contributed by atoms with van der Waals surface area (Å²) in [4.78, 5) is 25.7. The van der Waals surface area contributed by atoms with Crippen LogP contribution in [0.25, 0.3) is 0 Å². The predicted molar refractivity (Wildman–Crippen MR) is 85.6 cm³/mol. The summed E-state index contributed by atoms with van der Waals surface area (Å²) >= 11 is 5.33. The van der Waals surface area contributed by atoms with E-state index in [1.807, 2.05) is 13.8 Å². The van der Waals surface area contributed by atoms with Crippen molar-refractivity contribution in [1.82, 2.24) is 9.55 Å². The molecule has 2 aliphatic heterocycles. The van der Waals surface area contributed by atoms with Crippen molar-refractivity contribution >= 4 is 38.5 Å². The molecule has 2 saturated heterocycles. The second-order valence-electron chi connectivity index (χ2n) is 5.43. The molecule has 3 rings (SSSR count). The fourth-order valence-corrected chi connectivity index (χ4v) is 3.69. The van der Waals surface area contributed by atoms with Gasteiger partial charge in [0.05, 0.1) is 10.6 Å². The van der Waals surface area contributed by atoms with Crippen LogP contribution in [0.5, 0.6) is 0 Å². The van der Waals surface area contributed by atoms with Crippen LogP contribution in [0.4, 0.5) is 0 Å². The van der Waals surface area contributed by atoms with E-state index in [0.29, 0.717) is 4.43 Å². The number of rotatable bonds is 2. The Balaban J connectivity index is 2.01. The molecule has 2 aliphatic rings. The van der Waals surface area contributed by atoms with Crippen molar-refractivity contribution in [1.29, 1.82) is 0 Å². The van der Waals surface area contributed by atoms with Gasteiger partial charge in [0, 0.05) is 10.6 Å². The van der Waals surface area contributed by atoms with Gasteiger partial charge < -0.3 is 14.2 Å². The zero-order valence-corrected chi connectivity index (χ0v) is 15.1. The summed E-state index contributed by atoms with van der Waals surface area (Å²) < 4.78 is 20.0. The Bertz CT molecular complexity index is 672. The average Bonchev–Trinajstić information content (AvgIpc) is 2.87. The fraction of sp³-hybridized carbons (Fsp3) is 0.667. The molecule has 0 amide bonds. The number of nitrogens with zero attached hydrogens (tertiary/aromatic N) is 1. The van der Waals surface area contributed by atoms with Crippen LogP contribution in [0.1, 0.15) is 20.1 Å². The molecular weight excluding hydrogens is 459 g/mol. The standard InChI is InChI=1S/C12H14BrIN2O5/c1-12(2)20-7-6(3-14)19-10(8(7)21-12)16-4-5(13)9(17)15-11(16)18/h4,6-8,10H,3H2,1-2H3,(H,15,17,18)/t6-,7-,8-,10-/m1/s1. The van der Waals surface area contributed by atoms with Crippen LogP contribution in [0.2, 0.25) is 0 Å². The molecule has 0 radical (unpaired) electrons. The lowest BCUT2D eigenvalue weighted by atomic mass is 10.1. The molecule has 1 N–H and O–H groups in total. The van der Waals surface area contributed by atoms with Gasteiger partial charge in [-0.3, -0.25) is 14.3 Å². The van der Waals surface area contributed by atoms with Crippen molar-refractivity contribution < 1.29 is 14.2 Å². The summed E-state index contributed by atoms with van der Waals surface area (Å²) in [6.45, 7) is 3.66. The minimum absolute atomic E-state index is 0.167. The van der Waals surface area contributed by atoms with E-state index in [1.165, 1.54) is 10.8 Å². The van der Waals surface area contributed by atoms with Crippen molar-refractivity contribution in [3.8, 4) is 0 Å². The normalized spacial score (nSPS) is 34.1. The van der Waals surface area contributed by atoms with Gasteiger partial charge in [0.1, 0.15) is 12.2 Å². The molecule has 116 valence electrons. The number of H-pyrrole nitrogens is 1. The molecule has 1 aromatic rings. The van der Waals surface area contributed by atoms with Crippen LogP contribution in [-0.2, 0) is 14.2 Å². The first-order chi connectivity index (χ1) is 9.82. The largest absolute Gasteiger partial charge is 0.348 e. The summed E-state index contributed by atoms with van der Waals surface area (Å²) in [6.07, 6.45) is -0.000374. The highest BCUT2D eigenvalue weighted by atomic mass is 127. The Kier molecular flexibility index (Phi) is 4.06. The molecule has 0 bridgehead atoms. The summed E-state index contributed by atoms with van der Waals surface area (Å²) in [5.74, 6) is -0.718. The molecule has 9 heteroatoms. The fourth-order valence-electron chi connectivity index (χ4n) is 2.66. The topological polar surface area (TPSA) is 82.6 Å². The number of hydrogen-bond acceptors (Lipinski definition) is 5. The molecule has 3 heterocycles. The van der Waals surface area contributed by atoms with Gasteiger partial charge in [-0.05, 0) is 29.8 Å². The van der Waals surface area contributed by atoms with Crippen LogP contribution in [-0.4, -0.2) is 38.1 Å². The van der Waals surface area contributed by atoms with E-state index in [9.17, 15) is 9.59 Å². The number of nitrogens with one attached hydrogen (secondary N) is 1. The highest BCUT2D eigenvalue weighted by Gasteiger charge is 2.55. The minimum Gasteiger partial charge on any atom is -0.348 e. The van der Waals surface area contributed by atoms with E-state index >= 15 is 0 Å². The van der Waals surface area contributed by atoms with Gasteiger partial charge in [0.2, 0.25) is 0 Å². The Morgan fingerprint density at radius 2 is 2.05 bits per heavy atom. The van der Waals surface area contributed by atoms with E-state index < -0.39 is 29.4 Å². The maximum Gasteiger partial charge on any atom is 0.330 e. The van der Waals surface area contributed by atoms with Crippen molar-refractivity contribution in [3.05, 3.63) is 31.5 Å². The third kappa shape index (κ3) is 2.74. The number of aromatic amines is 1. The highest BCUT2D eigenvalue weighted by molar-refractivity contribution is 14.1. The Morgan fingerprint density at radius 1 is 1.38 bits per heavy atom. The predicted octanol–water partition coefficient (Wildman–Crippen LogP) is 1.15. The summed E-state index contributed by atoms with van der Waals surface area (Å²) in [5, 5.41) is 0. The van der Waals surface area contributed by atoms with Crippen molar-refractivity contribution in [2.45, 2.75) is 44.2 Å². The second-order valence-corrected chi connectivity index (χ2v) is 7.16. The first kappa shape index (κ1) is 15.7. The van der Waals surface area contributed by atoms with Gasteiger partial charge in [0.25, 0.3) is 5.56 Å². The first-order valence-electron chi connectivity index (χ1n) is 6.40. The Hall–Kier alpha value is -0.230. The molecule has 0 aliphatic carbocycles. The number of ether oxygens (including phenoxy) is 3. The minimum atomic E-state index is -0.718. The molecule has 7 nitrogen and oxygen atoms in total. The summed E-state index contributed by atoms with van der Waals surface area (Å²) in [6, 6.07) is 0. The van der Waals surface area contributed by atoms with Crippen molar-refractivity contribution in [2.24, 2.45) is 0 Å². The van der Waals surface area contributed by atoms with Gasteiger partial charge in [0.15, 0.2) is 12.0 Å². The maximum atomic E-state index is 12.0. The van der Waals surface area contributed by atoms with E-state index in [-0.39, 0.29) is 16.7 Å². The molecule has 0 unspecified atom stereocenters. The van der Waals surface area contributed by atoms with E-state index in [0.717, 1.165) is 0 Å². The molecule has 2 fully saturated rings.